The van der Waals surface area contributed by atoms with Crippen LogP contribution in [-0.4, -0.2) is 34.6 Å². The Morgan fingerprint density at radius 3 is 2.39 bits per heavy atom. The molecular formula is C24H25NO6S2. The van der Waals surface area contributed by atoms with Crippen LogP contribution in [0, 0.1) is 0 Å². The number of carbonyl (C=O) groups is 1. The Morgan fingerprint density at radius 1 is 1.03 bits per heavy atom. The number of nitrogens with one attached hydrogen (secondary N) is 1. The second-order valence-electron chi connectivity index (χ2n) is 7.40. The lowest BCUT2D eigenvalue weighted by molar-refractivity contribution is -0.116. The first-order valence-corrected chi connectivity index (χ1v) is 12.9. The Kier molecular flexibility index (Phi) is 6.62. The van der Waals surface area contributed by atoms with Crippen LogP contribution < -0.4 is 19.5 Å². The highest BCUT2D eigenvalue weighted by Gasteiger charge is 2.34. The zero-order valence-corrected chi connectivity index (χ0v) is 20.2. The maximum atomic E-state index is 13.4. The molecule has 0 aliphatic carbocycles. The molecule has 0 saturated heterocycles. The highest BCUT2D eigenvalue weighted by molar-refractivity contribution is 7.91. The van der Waals surface area contributed by atoms with E-state index in [2.05, 4.69) is 5.32 Å². The number of rotatable bonds is 8. The Hall–Kier alpha value is -3.04. The van der Waals surface area contributed by atoms with E-state index >= 15 is 0 Å². The molecule has 0 saturated carbocycles. The summed E-state index contributed by atoms with van der Waals surface area (Å²) in [6, 6.07) is 11.8. The third-order valence-electron chi connectivity index (χ3n) is 5.39. The zero-order valence-electron chi connectivity index (χ0n) is 18.6. The van der Waals surface area contributed by atoms with Gasteiger partial charge in [-0.15, -0.1) is 11.3 Å². The topological polar surface area (TPSA) is 90.9 Å². The maximum Gasteiger partial charge on any atom is 0.225 e. The minimum Gasteiger partial charge on any atom is -0.497 e. The first-order valence-electron chi connectivity index (χ1n) is 10.6. The molecule has 174 valence electrons. The number of sulfone groups is 1. The van der Waals surface area contributed by atoms with Crippen LogP contribution in [0.4, 0.5) is 5.69 Å². The van der Waals surface area contributed by atoms with E-state index in [1.165, 1.54) is 30.6 Å². The van der Waals surface area contributed by atoms with Gasteiger partial charge in [-0.1, -0.05) is 6.07 Å². The molecule has 2 heterocycles. The molecule has 0 radical (unpaired) electrons. The summed E-state index contributed by atoms with van der Waals surface area (Å²) in [6.07, 6.45) is 0.217. The number of hydrogen-bond acceptors (Lipinski definition) is 7. The van der Waals surface area contributed by atoms with Crippen molar-refractivity contribution < 1.29 is 27.4 Å². The second-order valence-corrected chi connectivity index (χ2v) is 10.2. The fraction of sp³-hybridized carbons (Fsp3) is 0.292. The van der Waals surface area contributed by atoms with Gasteiger partial charge in [0.15, 0.2) is 11.5 Å². The fourth-order valence-corrected chi connectivity index (χ4v) is 6.75. The van der Waals surface area contributed by atoms with E-state index in [9.17, 15) is 13.2 Å². The van der Waals surface area contributed by atoms with Crippen LogP contribution >= 0.6 is 11.3 Å². The Labute approximate surface area is 197 Å². The quantitative estimate of drug-likeness (QED) is 0.488. The van der Waals surface area contributed by atoms with Gasteiger partial charge in [0.05, 0.1) is 30.9 Å². The number of ether oxygens (including phenoxy) is 3. The lowest BCUT2D eigenvalue weighted by Crippen LogP contribution is -2.23. The van der Waals surface area contributed by atoms with Gasteiger partial charge >= 0.3 is 0 Å². The van der Waals surface area contributed by atoms with Crippen molar-refractivity contribution in [1.29, 1.82) is 0 Å². The Balaban J connectivity index is 1.76. The fourth-order valence-electron chi connectivity index (χ4n) is 3.84. The van der Waals surface area contributed by atoms with E-state index in [4.69, 9.17) is 14.2 Å². The summed E-state index contributed by atoms with van der Waals surface area (Å²) in [4.78, 5) is 13.6. The van der Waals surface area contributed by atoms with Gasteiger partial charge in [-0.3, -0.25) is 4.79 Å². The third-order valence-corrected chi connectivity index (χ3v) is 8.42. The van der Waals surface area contributed by atoms with Crippen molar-refractivity contribution in [3.63, 3.8) is 0 Å². The highest BCUT2D eigenvalue weighted by Crippen LogP contribution is 2.47. The van der Waals surface area contributed by atoms with Crippen LogP contribution in [0.1, 0.15) is 36.6 Å². The lowest BCUT2D eigenvalue weighted by Gasteiger charge is -2.24. The van der Waals surface area contributed by atoms with E-state index in [1.807, 2.05) is 32.0 Å². The second kappa shape index (κ2) is 9.44. The first-order chi connectivity index (χ1) is 15.9. The summed E-state index contributed by atoms with van der Waals surface area (Å²) in [5.74, 6) is 1.29. The number of amides is 1. The Bertz CT molecular complexity index is 1260. The van der Waals surface area contributed by atoms with Crippen molar-refractivity contribution in [1.82, 2.24) is 0 Å². The van der Waals surface area contributed by atoms with Gasteiger partial charge in [-0.05, 0) is 55.8 Å². The number of benzene rings is 2. The molecule has 9 heteroatoms. The van der Waals surface area contributed by atoms with Crippen molar-refractivity contribution >= 4 is 32.8 Å². The number of hydrogen-bond donors (Lipinski definition) is 1. The molecule has 0 fully saturated rings. The minimum absolute atomic E-state index is 0.0988. The normalized spacial score (nSPS) is 15.5. The van der Waals surface area contributed by atoms with Gasteiger partial charge < -0.3 is 19.5 Å². The molecular weight excluding hydrogens is 462 g/mol. The van der Waals surface area contributed by atoms with E-state index in [1.54, 1.807) is 17.5 Å². The summed E-state index contributed by atoms with van der Waals surface area (Å²) in [7, 11) is -2.31. The molecule has 1 amide bonds. The van der Waals surface area contributed by atoms with Gasteiger partial charge in [0.1, 0.15) is 10.6 Å². The van der Waals surface area contributed by atoms with Crippen LogP contribution in [0.15, 0.2) is 57.6 Å². The summed E-state index contributed by atoms with van der Waals surface area (Å²) in [5.41, 5.74) is 1.22. The predicted molar refractivity (Wildman–Crippen MR) is 127 cm³/mol. The van der Waals surface area contributed by atoms with Crippen molar-refractivity contribution in [3.8, 4) is 17.2 Å². The van der Waals surface area contributed by atoms with Crippen LogP contribution in [0.2, 0.25) is 0 Å². The lowest BCUT2D eigenvalue weighted by atomic mass is 9.90. The van der Waals surface area contributed by atoms with Gasteiger partial charge in [0.2, 0.25) is 15.7 Å². The average Bonchev–Trinajstić information content (AvgIpc) is 3.24. The van der Waals surface area contributed by atoms with E-state index in [0.29, 0.717) is 36.1 Å². The van der Waals surface area contributed by atoms with Gasteiger partial charge in [0, 0.05) is 22.6 Å². The van der Waals surface area contributed by atoms with E-state index < -0.39 is 9.84 Å². The highest BCUT2D eigenvalue weighted by atomic mass is 32.2. The average molecular weight is 488 g/mol. The SMILES string of the molecule is CCOc1ccc(C2CC(=O)Nc3c(S(=O)(=O)c4ccc(OC)cc4)csc32)cc1OCC. The smallest absolute Gasteiger partial charge is 0.225 e. The van der Waals surface area contributed by atoms with Crippen LogP contribution in [-0.2, 0) is 14.6 Å². The van der Waals surface area contributed by atoms with Gasteiger partial charge in [-0.25, -0.2) is 8.42 Å². The predicted octanol–water partition coefficient (Wildman–Crippen LogP) is 4.86. The zero-order chi connectivity index (χ0) is 23.6. The molecule has 1 aliphatic heterocycles. The molecule has 2 aromatic carbocycles. The number of methoxy groups -OCH3 is 1. The largest absolute Gasteiger partial charge is 0.497 e. The standard InChI is InChI=1S/C24H25NO6S2/c1-4-30-19-11-6-15(12-20(19)31-5-2)18-13-22(26)25-23-21(14-32-24(18)23)33(27,28)17-9-7-16(29-3)8-10-17/h6-12,14,18H,4-5,13H2,1-3H3,(H,25,26). The van der Waals surface area contributed by atoms with Crippen LogP contribution in [0.25, 0.3) is 0 Å². The third kappa shape index (κ3) is 4.43. The van der Waals surface area contributed by atoms with Crippen LogP contribution in [0.3, 0.4) is 0 Å². The maximum absolute atomic E-state index is 13.4. The number of carbonyl (C=O) groups excluding carboxylic acids is 1. The minimum atomic E-state index is -3.83. The molecule has 3 aromatic rings. The van der Waals surface area contributed by atoms with Crippen LogP contribution in [0.5, 0.6) is 17.2 Å². The van der Waals surface area contributed by atoms with E-state index in [-0.39, 0.29) is 28.0 Å². The molecule has 0 spiro atoms. The van der Waals surface area contributed by atoms with Crippen molar-refractivity contribution in [3.05, 3.63) is 58.3 Å². The summed E-state index contributed by atoms with van der Waals surface area (Å²) in [5, 5.41) is 4.39. The molecule has 1 N–H and O–H groups in total. The molecule has 4 rings (SSSR count). The van der Waals surface area contributed by atoms with Crippen molar-refractivity contribution in [2.45, 2.75) is 36.0 Å². The summed E-state index contributed by atoms with van der Waals surface area (Å²) in [6.45, 7) is 4.78. The molecule has 1 atom stereocenters. The Morgan fingerprint density at radius 2 is 1.73 bits per heavy atom. The molecule has 1 unspecified atom stereocenters. The molecule has 0 bridgehead atoms. The first kappa shape index (κ1) is 23.1. The van der Waals surface area contributed by atoms with Gasteiger partial charge in [0.25, 0.3) is 0 Å². The molecule has 1 aromatic heterocycles. The number of fused-ring (bicyclic) bond motifs is 1. The number of anilines is 1. The van der Waals surface area contributed by atoms with Gasteiger partial charge in [-0.2, -0.15) is 0 Å². The molecule has 7 nitrogen and oxygen atoms in total. The molecule has 1 aliphatic rings. The molecule has 33 heavy (non-hydrogen) atoms. The summed E-state index contributed by atoms with van der Waals surface area (Å²) >= 11 is 1.33. The van der Waals surface area contributed by atoms with E-state index in [0.717, 1.165) is 10.4 Å². The van der Waals surface area contributed by atoms with Crippen molar-refractivity contribution in [2.24, 2.45) is 0 Å². The summed E-state index contributed by atoms with van der Waals surface area (Å²) < 4.78 is 43.2. The monoisotopic (exact) mass is 487 g/mol. The van der Waals surface area contributed by atoms with Crippen molar-refractivity contribution in [2.75, 3.05) is 25.6 Å². The number of thiophene rings is 1.